The van der Waals surface area contributed by atoms with Crippen molar-refractivity contribution < 1.29 is 23.1 Å². The summed E-state index contributed by atoms with van der Waals surface area (Å²) in [7, 11) is 0. The first-order valence-corrected chi connectivity index (χ1v) is 5.78. The number of carbonyl (C=O) groups is 2. The summed E-state index contributed by atoms with van der Waals surface area (Å²) in [6, 6.07) is 5.97. The molecular formula is C12H15F2N3O3. The van der Waals surface area contributed by atoms with Crippen LogP contribution < -0.4 is 21.1 Å². The first-order chi connectivity index (χ1) is 9.51. The minimum Gasteiger partial charge on any atom is -0.435 e. The fraction of sp³-hybridized carbons (Fsp3) is 0.333. The van der Waals surface area contributed by atoms with E-state index in [0.29, 0.717) is 5.56 Å². The summed E-state index contributed by atoms with van der Waals surface area (Å²) in [5.41, 5.74) is 5.66. The molecule has 0 saturated heterocycles. The molecule has 20 heavy (non-hydrogen) atoms. The highest BCUT2D eigenvalue weighted by Gasteiger charge is 2.06. The molecule has 0 saturated carbocycles. The zero-order chi connectivity index (χ0) is 15.0. The molecule has 0 atom stereocenters. The number of ether oxygens (including phenoxy) is 1. The van der Waals surface area contributed by atoms with E-state index in [1.54, 1.807) is 6.07 Å². The molecule has 2 amide bonds. The van der Waals surface area contributed by atoms with E-state index in [9.17, 15) is 18.4 Å². The average Bonchev–Trinajstić information content (AvgIpc) is 2.42. The molecule has 0 fully saturated rings. The lowest BCUT2D eigenvalue weighted by Gasteiger charge is -2.08. The Morgan fingerprint density at radius 3 is 2.65 bits per heavy atom. The van der Waals surface area contributed by atoms with Crippen molar-refractivity contribution in [1.29, 1.82) is 0 Å². The van der Waals surface area contributed by atoms with Gasteiger partial charge in [0.25, 0.3) is 0 Å². The SMILES string of the molecule is NCC(=O)NCC(=O)NCc1cccc(OC(F)F)c1. The molecule has 0 unspecified atom stereocenters. The van der Waals surface area contributed by atoms with E-state index in [2.05, 4.69) is 15.4 Å². The molecule has 1 aromatic carbocycles. The Labute approximate surface area is 114 Å². The summed E-state index contributed by atoms with van der Waals surface area (Å²) >= 11 is 0. The van der Waals surface area contributed by atoms with Gasteiger partial charge < -0.3 is 21.1 Å². The smallest absolute Gasteiger partial charge is 0.387 e. The Bertz CT molecular complexity index is 469. The average molecular weight is 287 g/mol. The fourth-order valence-electron chi connectivity index (χ4n) is 1.35. The molecule has 6 nitrogen and oxygen atoms in total. The zero-order valence-electron chi connectivity index (χ0n) is 10.6. The highest BCUT2D eigenvalue weighted by molar-refractivity contribution is 5.85. The maximum atomic E-state index is 12.0. The third-order valence-corrected chi connectivity index (χ3v) is 2.24. The van der Waals surface area contributed by atoms with Gasteiger partial charge in [0.05, 0.1) is 13.1 Å². The van der Waals surface area contributed by atoms with Gasteiger partial charge in [-0.15, -0.1) is 0 Å². The van der Waals surface area contributed by atoms with Crippen molar-refractivity contribution in [2.75, 3.05) is 13.1 Å². The van der Waals surface area contributed by atoms with E-state index in [0.717, 1.165) is 0 Å². The number of rotatable bonds is 7. The van der Waals surface area contributed by atoms with E-state index in [4.69, 9.17) is 5.73 Å². The molecule has 8 heteroatoms. The molecule has 0 radical (unpaired) electrons. The summed E-state index contributed by atoms with van der Waals surface area (Å²) in [5, 5.41) is 4.83. The maximum Gasteiger partial charge on any atom is 0.387 e. The van der Waals surface area contributed by atoms with Crippen LogP contribution in [0.25, 0.3) is 0 Å². The summed E-state index contributed by atoms with van der Waals surface area (Å²) in [6.45, 7) is -3.15. The summed E-state index contributed by atoms with van der Waals surface area (Å²) in [6.07, 6.45) is 0. The lowest BCUT2D eigenvalue weighted by molar-refractivity contribution is -0.125. The normalized spacial score (nSPS) is 10.2. The Morgan fingerprint density at radius 1 is 1.25 bits per heavy atom. The van der Waals surface area contributed by atoms with Crippen molar-refractivity contribution in [3.8, 4) is 5.75 Å². The van der Waals surface area contributed by atoms with E-state index >= 15 is 0 Å². The van der Waals surface area contributed by atoms with Crippen LogP contribution >= 0.6 is 0 Å². The molecule has 1 aromatic rings. The van der Waals surface area contributed by atoms with Crippen LogP contribution in [0, 0.1) is 0 Å². The van der Waals surface area contributed by atoms with Gasteiger partial charge in [-0.2, -0.15) is 8.78 Å². The first kappa shape index (κ1) is 15.8. The second kappa shape index (κ2) is 8.05. The van der Waals surface area contributed by atoms with Gasteiger partial charge in [0.15, 0.2) is 0 Å². The van der Waals surface area contributed by atoms with Gasteiger partial charge in [-0.25, -0.2) is 0 Å². The van der Waals surface area contributed by atoms with Gasteiger partial charge in [0.1, 0.15) is 5.75 Å². The Morgan fingerprint density at radius 2 is 2.00 bits per heavy atom. The topological polar surface area (TPSA) is 93.5 Å². The lowest BCUT2D eigenvalue weighted by atomic mass is 10.2. The maximum absolute atomic E-state index is 12.0. The number of hydrogen-bond donors (Lipinski definition) is 3. The number of nitrogens with one attached hydrogen (secondary N) is 2. The van der Waals surface area contributed by atoms with Gasteiger partial charge in [0.2, 0.25) is 11.8 Å². The highest BCUT2D eigenvalue weighted by Crippen LogP contribution is 2.15. The highest BCUT2D eigenvalue weighted by atomic mass is 19.3. The van der Waals surface area contributed by atoms with Crippen molar-refractivity contribution in [2.24, 2.45) is 5.73 Å². The number of nitrogens with two attached hydrogens (primary N) is 1. The molecule has 4 N–H and O–H groups in total. The van der Waals surface area contributed by atoms with Crippen molar-refractivity contribution in [3.63, 3.8) is 0 Å². The molecule has 0 aliphatic rings. The van der Waals surface area contributed by atoms with Crippen molar-refractivity contribution in [3.05, 3.63) is 29.8 Å². The second-order valence-electron chi connectivity index (χ2n) is 3.78. The molecule has 110 valence electrons. The molecule has 0 bridgehead atoms. The Hall–Kier alpha value is -2.22. The van der Waals surface area contributed by atoms with E-state index in [1.165, 1.54) is 18.2 Å². The second-order valence-corrected chi connectivity index (χ2v) is 3.78. The predicted octanol–water partition coefficient (Wildman–Crippen LogP) is -0.0209. The summed E-state index contributed by atoms with van der Waals surface area (Å²) < 4.78 is 28.3. The molecule has 1 rings (SSSR count). The third-order valence-electron chi connectivity index (χ3n) is 2.24. The Kier molecular flexibility index (Phi) is 6.38. The first-order valence-electron chi connectivity index (χ1n) is 5.78. The number of amides is 2. The molecule has 0 spiro atoms. The van der Waals surface area contributed by atoms with Gasteiger partial charge in [-0.1, -0.05) is 12.1 Å². The predicted molar refractivity (Wildman–Crippen MR) is 67.0 cm³/mol. The molecular weight excluding hydrogens is 272 g/mol. The third kappa shape index (κ3) is 6.10. The van der Waals surface area contributed by atoms with Crippen LogP contribution in [0.4, 0.5) is 8.78 Å². The number of benzene rings is 1. The van der Waals surface area contributed by atoms with E-state index in [1.807, 2.05) is 0 Å². The standard InChI is InChI=1S/C12H15F2N3O3/c13-12(14)20-9-3-1-2-8(4-9)6-16-11(19)7-17-10(18)5-15/h1-4,12H,5-7,15H2,(H,16,19)(H,17,18). The zero-order valence-corrected chi connectivity index (χ0v) is 10.6. The van der Waals surface area contributed by atoms with Crippen LogP contribution in [-0.2, 0) is 16.1 Å². The quantitative estimate of drug-likeness (QED) is 0.657. The van der Waals surface area contributed by atoms with E-state index < -0.39 is 18.4 Å². The number of alkyl halides is 2. The van der Waals surface area contributed by atoms with Gasteiger partial charge in [0, 0.05) is 6.54 Å². The van der Waals surface area contributed by atoms with Crippen LogP contribution in [0.2, 0.25) is 0 Å². The van der Waals surface area contributed by atoms with E-state index in [-0.39, 0.29) is 25.4 Å². The minimum absolute atomic E-state index is 0.0168. The fourth-order valence-corrected chi connectivity index (χ4v) is 1.35. The largest absolute Gasteiger partial charge is 0.435 e. The number of halogens is 2. The van der Waals surface area contributed by atoms with Crippen LogP contribution in [0.5, 0.6) is 5.75 Å². The molecule has 0 aliphatic carbocycles. The molecule has 0 aliphatic heterocycles. The minimum atomic E-state index is -2.90. The molecule has 0 heterocycles. The monoisotopic (exact) mass is 287 g/mol. The number of hydrogen-bond acceptors (Lipinski definition) is 4. The summed E-state index contributed by atoms with van der Waals surface area (Å²) in [5.74, 6) is -0.831. The molecule has 0 aromatic heterocycles. The van der Waals surface area contributed by atoms with Crippen molar-refractivity contribution >= 4 is 11.8 Å². The van der Waals surface area contributed by atoms with Crippen LogP contribution in [0.3, 0.4) is 0 Å². The van der Waals surface area contributed by atoms with Crippen LogP contribution in [-0.4, -0.2) is 31.5 Å². The van der Waals surface area contributed by atoms with Crippen molar-refractivity contribution in [1.82, 2.24) is 10.6 Å². The van der Waals surface area contributed by atoms with Crippen molar-refractivity contribution in [2.45, 2.75) is 13.2 Å². The summed E-state index contributed by atoms with van der Waals surface area (Å²) in [4.78, 5) is 22.2. The number of carbonyl (C=O) groups excluding carboxylic acids is 2. The van der Waals surface area contributed by atoms with Gasteiger partial charge >= 0.3 is 6.61 Å². The lowest BCUT2D eigenvalue weighted by Crippen LogP contribution is -2.39. The van der Waals surface area contributed by atoms with Crippen LogP contribution in [0.15, 0.2) is 24.3 Å². The Balaban J connectivity index is 2.41. The van der Waals surface area contributed by atoms with Gasteiger partial charge in [-0.3, -0.25) is 9.59 Å². The van der Waals surface area contributed by atoms with Crippen LogP contribution in [0.1, 0.15) is 5.56 Å². The van der Waals surface area contributed by atoms with Gasteiger partial charge in [-0.05, 0) is 17.7 Å².